The summed E-state index contributed by atoms with van der Waals surface area (Å²) in [6.07, 6.45) is 8.82. The summed E-state index contributed by atoms with van der Waals surface area (Å²) < 4.78 is 30.7. The summed E-state index contributed by atoms with van der Waals surface area (Å²) in [4.78, 5) is 18.4. The highest BCUT2D eigenvalue weighted by Gasteiger charge is 2.58. The highest BCUT2D eigenvalue weighted by atomic mass is 31.2. The predicted molar refractivity (Wildman–Crippen MR) is 108 cm³/mol. The highest BCUT2D eigenvalue weighted by molar-refractivity contribution is 7.55. The summed E-state index contributed by atoms with van der Waals surface area (Å²) in [6, 6.07) is 0.0909. The van der Waals surface area contributed by atoms with E-state index in [1.54, 1.807) is 6.92 Å². The highest BCUT2D eigenvalue weighted by Crippen LogP contribution is 2.67. The zero-order valence-corrected chi connectivity index (χ0v) is 18.9. The SMILES string of the molecule is CCOP(=O)(OCC)C1(N(OC(C)C(=O)OC)C2CCCCC2)CCCCC1. The van der Waals surface area contributed by atoms with Gasteiger partial charge in [-0.1, -0.05) is 38.5 Å². The van der Waals surface area contributed by atoms with Crippen LogP contribution >= 0.6 is 7.60 Å². The van der Waals surface area contributed by atoms with Gasteiger partial charge in [-0.25, -0.2) is 4.79 Å². The van der Waals surface area contributed by atoms with Crippen molar-refractivity contribution in [3.63, 3.8) is 0 Å². The number of esters is 1. The second kappa shape index (κ2) is 11.1. The molecule has 0 aromatic heterocycles. The van der Waals surface area contributed by atoms with E-state index in [4.69, 9.17) is 18.6 Å². The minimum atomic E-state index is -3.49. The Morgan fingerprint density at radius 2 is 1.57 bits per heavy atom. The molecule has 8 heteroatoms. The first-order chi connectivity index (χ1) is 13.4. The average Bonchev–Trinajstić information content (AvgIpc) is 2.72. The Morgan fingerprint density at radius 3 is 2.07 bits per heavy atom. The number of methoxy groups -OCH3 is 1. The van der Waals surface area contributed by atoms with Crippen LogP contribution in [0.1, 0.15) is 85.0 Å². The van der Waals surface area contributed by atoms with Gasteiger partial charge in [0.1, 0.15) is 5.28 Å². The zero-order chi connectivity index (χ0) is 20.6. The monoisotopic (exact) mass is 419 g/mol. The normalized spacial score (nSPS) is 22.2. The number of hydrogen-bond acceptors (Lipinski definition) is 7. The van der Waals surface area contributed by atoms with E-state index in [9.17, 15) is 9.36 Å². The largest absolute Gasteiger partial charge is 0.467 e. The number of carbonyl (C=O) groups is 1. The van der Waals surface area contributed by atoms with Crippen molar-refractivity contribution in [2.24, 2.45) is 0 Å². The molecule has 0 amide bonds. The van der Waals surface area contributed by atoms with Crippen LogP contribution < -0.4 is 0 Å². The third-order valence-corrected chi connectivity index (χ3v) is 8.74. The Hall–Kier alpha value is -0.460. The number of ether oxygens (including phenoxy) is 1. The summed E-state index contributed by atoms with van der Waals surface area (Å²) in [5.74, 6) is -0.436. The lowest BCUT2D eigenvalue weighted by Crippen LogP contribution is -2.57. The maximum absolute atomic E-state index is 14.1. The van der Waals surface area contributed by atoms with Crippen LogP contribution in [0.25, 0.3) is 0 Å². The fraction of sp³-hybridized carbons (Fsp3) is 0.950. The molecule has 28 heavy (non-hydrogen) atoms. The van der Waals surface area contributed by atoms with Crippen LogP contribution in [0.5, 0.6) is 0 Å². The zero-order valence-electron chi connectivity index (χ0n) is 18.0. The van der Waals surface area contributed by atoms with E-state index in [1.807, 2.05) is 18.9 Å². The van der Waals surface area contributed by atoms with Crippen LogP contribution in [0, 0.1) is 0 Å². The van der Waals surface area contributed by atoms with Crippen molar-refractivity contribution in [2.45, 2.75) is 102 Å². The van der Waals surface area contributed by atoms with Crippen LogP contribution in [0.4, 0.5) is 0 Å². The molecule has 0 radical (unpaired) electrons. The van der Waals surface area contributed by atoms with Crippen molar-refractivity contribution < 1.29 is 28.0 Å². The lowest BCUT2D eigenvalue weighted by atomic mass is 9.89. The van der Waals surface area contributed by atoms with Gasteiger partial charge in [-0.05, 0) is 46.5 Å². The van der Waals surface area contributed by atoms with E-state index in [-0.39, 0.29) is 6.04 Å². The van der Waals surface area contributed by atoms with E-state index in [2.05, 4.69) is 0 Å². The molecule has 164 valence electrons. The molecule has 2 aliphatic rings. The smallest absolute Gasteiger partial charge is 0.353 e. The molecule has 0 heterocycles. The molecule has 0 aromatic carbocycles. The maximum Gasteiger partial charge on any atom is 0.353 e. The van der Waals surface area contributed by atoms with Crippen molar-refractivity contribution in [3.05, 3.63) is 0 Å². The molecule has 2 rings (SSSR count). The van der Waals surface area contributed by atoms with Gasteiger partial charge >= 0.3 is 13.6 Å². The molecule has 2 aliphatic carbocycles. The van der Waals surface area contributed by atoms with Gasteiger partial charge in [-0.2, -0.15) is 5.06 Å². The van der Waals surface area contributed by atoms with Crippen molar-refractivity contribution >= 4 is 13.6 Å². The molecule has 1 unspecified atom stereocenters. The van der Waals surface area contributed by atoms with E-state index >= 15 is 0 Å². The maximum atomic E-state index is 14.1. The van der Waals surface area contributed by atoms with Crippen molar-refractivity contribution in [2.75, 3.05) is 20.3 Å². The van der Waals surface area contributed by atoms with Gasteiger partial charge in [0, 0.05) is 6.04 Å². The minimum absolute atomic E-state index is 0.0909. The van der Waals surface area contributed by atoms with Crippen molar-refractivity contribution in [3.8, 4) is 0 Å². The average molecular weight is 419 g/mol. The Morgan fingerprint density at radius 1 is 1.04 bits per heavy atom. The number of carbonyl (C=O) groups excluding carboxylic acids is 1. The number of rotatable bonds is 10. The lowest BCUT2D eigenvalue weighted by Gasteiger charge is -2.51. The summed E-state index contributed by atoms with van der Waals surface area (Å²) in [7, 11) is -2.14. The minimum Gasteiger partial charge on any atom is -0.467 e. The van der Waals surface area contributed by atoms with Crippen LogP contribution in [-0.4, -0.2) is 48.8 Å². The Bertz CT molecular complexity index is 521. The standard InChI is InChI=1S/C20H38NO6P/c1-5-25-28(23,26-6-2)20(15-11-8-12-16-20)21(18-13-9-7-10-14-18)27-17(3)19(22)24-4/h17-18H,5-16H2,1-4H3. The number of hydroxylamine groups is 2. The molecular weight excluding hydrogens is 381 g/mol. The van der Waals surface area contributed by atoms with Gasteiger partial charge in [0.05, 0.1) is 20.3 Å². The quantitative estimate of drug-likeness (QED) is 0.279. The first kappa shape index (κ1) is 23.8. The molecule has 0 bridgehead atoms. The fourth-order valence-electron chi connectivity index (χ4n) is 4.57. The molecule has 0 N–H and O–H groups in total. The topological polar surface area (TPSA) is 74.3 Å². The van der Waals surface area contributed by atoms with E-state index in [0.717, 1.165) is 44.9 Å². The molecular formula is C20H38NO6P. The molecule has 1 atom stereocenters. The van der Waals surface area contributed by atoms with Crippen molar-refractivity contribution in [1.82, 2.24) is 5.06 Å². The summed E-state index contributed by atoms with van der Waals surface area (Å²) >= 11 is 0. The van der Waals surface area contributed by atoms with Crippen LogP contribution in [0.3, 0.4) is 0 Å². The Kier molecular flexibility index (Phi) is 9.42. The first-order valence-electron chi connectivity index (χ1n) is 10.9. The molecule has 0 saturated heterocycles. The Labute approximate surface area is 169 Å². The summed E-state index contributed by atoms with van der Waals surface area (Å²) in [5.41, 5.74) is 0. The van der Waals surface area contributed by atoms with E-state index in [0.29, 0.717) is 26.1 Å². The van der Waals surface area contributed by atoms with Gasteiger partial charge in [0.25, 0.3) is 0 Å². The van der Waals surface area contributed by atoms with Crippen LogP contribution in [0.2, 0.25) is 0 Å². The summed E-state index contributed by atoms with van der Waals surface area (Å²) in [6.45, 7) is 5.98. The van der Waals surface area contributed by atoms with E-state index in [1.165, 1.54) is 13.5 Å². The van der Waals surface area contributed by atoms with Crippen molar-refractivity contribution in [1.29, 1.82) is 0 Å². The third-order valence-electron chi connectivity index (χ3n) is 5.88. The molecule has 2 saturated carbocycles. The molecule has 7 nitrogen and oxygen atoms in total. The number of nitrogens with zero attached hydrogens (tertiary/aromatic N) is 1. The fourth-order valence-corrected chi connectivity index (χ4v) is 7.12. The predicted octanol–water partition coefficient (Wildman–Crippen LogP) is 5.04. The summed E-state index contributed by atoms with van der Waals surface area (Å²) in [5, 5.41) is 1.01. The second-order valence-corrected chi connectivity index (χ2v) is 10.1. The van der Waals surface area contributed by atoms with Gasteiger partial charge in [-0.3, -0.25) is 9.40 Å². The first-order valence-corrected chi connectivity index (χ1v) is 12.4. The molecule has 0 aliphatic heterocycles. The van der Waals surface area contributed by atoms with Gasteiger partial charge in [-0.15, -0.1) is 0 Å². The van der Waals surface area contributed by atoms with Crippen LogP contribution in [-0.2, 0) is 28.0 Å². The van der Waals surface area contributed by atoms with Gasteiger partial charge in [0.15, 0.2) is 6.10 Å². The number of hydrogen-bond donors (Lipinski definition) is 0. The lowest BCUT2D eigenvalue weighted by molar-refractivity contribution is -0.266. The second-order valence-electron chi connectivity index (χ2n) is 7.76. The van der Waals surface area contributed by atoms with Gasteiger partial charge < -0.3 is 13.8 Å². The van der Waals surface area contributed by atoms with Crippen LogP contribution in [0.15, 0.2) is 0 Å². The van der Waals surface area contributed by atoms with Gasteiger partial charge in [0.2, 0.25) is 0 Å². The molecule has 0 aromatic rings. The third kappa shape index (κ3) is 5.17. The molecule has 0 spiro atoms. The Balaban J connectivity index is 2.47. The van der Waals surface area contributed by atoms with E-state index < -0.39 is 24.9 Å². The molecule has 2 fully saturated rings.